The zero-order valence-corrected chi connectivity index (χ0v) is 18.2. The second-order valence-corrected chi connectivity index (χ2v) is 7.84. The molecule has 1 aromatic carbocycles. The molecule has 11 heteroatoms. The van der Waals surface area contributed by atoms with Crippen LogP contribution in [0.2, 0.25) is 5.02 Å². The van der Waals surface area contributed by atoms with Crippen LogP contribution in [-0.2, 0) is 11.3 Å². The fourth-order valence-corrected chi connectivity index (χ4v) is 3.82. The van der Waals surface area contributed by atoms with Crippen LogP contribution in [0, 0.1) is 0 Å². The summed E-state index contributed by atoms with van der Waals surface area (Å²) in [6.07, 6.45) is 1.59. The summed E-state index contributed by atoms with van der Waals surface area (Å²) in [4.78, 5) is 38.8. The van der Waals surface area contributed by atoms with E-state index in [1.165, 1.54) is 4.90 Å². The number of nitrogens with one attached hydrogen (secondary N) is 3. The van der Waals surface area contributed by atoms with Gasteiger partial charge in [-0.05, 0) is 23.8 Å². The Bertz CT molecular complexity index is 995. The molecule has 1 saturated heterocycles. The summed E-state index contributed by atoms with van der Waals surface area (Å²) in [6.45, 7) is 3.75. The molecule has 3 amide bonds. The number of carbonyl (C=O) groups is 2. The standard InChI is InChI=1S/C20H25ClN8O2/c1-22-20(31)29-11-13-9-14(3-4-16(13)27(2)17(30)12-29)25-18-15(21)10-24-19(26-18)28-7-5-23-6-8-28/h3-4,9-10,23H,5-8,11-12H2,1-2H3,(H,22,31)(H,24,25,26). The summed E-state index contributed by atoms with van der Waals surface area (Å²) in [7, 11) is 3.26. The number of nitrogens with zero attached hydrogens (tertiary/aromatic N) is 5. The maximum atomic E-state index is 12.5. The van der Waals surface area contributed by atoms with Gasteiger partial charge in [0.2, 0.25) is 11.9 Å². The number of halogens is 1. The molecule has 4 rings (SSSR count). The molecule has 0 atom stereocenters. The highest BCUT2D eigenvalue weighted by molar-refractivity contribution is 6.32. The monoisotopic (exact) mass is 444 g/mol. The highest BCUT2D eigenvalue weighted by atomic mass is 35.5. The normalized spacial score (nSPS) is 16.6. The van der Waals surface area contributed by atoms with E-state index in [4.69, 9.17) is 11.6 Å². The smallest absolute Gasteiger partial charge is 0.317 e. The van der Waals surface area contributed by atoms with Gasteiger partial charge in [0.05, 0.1) is 12.7 Å². The Morgan fingerprint density at radius 2 is 2.00 bits per heavy atom. The summed E-state index contributed by atoms with van der Waals surface area (Å²) < 4.78 is 0. The van der Waals surface area contributed by atoms with E-state index in [1.807, 2.05) is 18.2 Å². The molecule has 164 valence electrons. The van der Waals surface area contributed by atoms with Gasteiger partial charge >= 0.3 is 6.03 Å². The van der Waals surface area contributed by atoms with Crippen LogP contribution in [0.5, 0.6) is 0 Å². The van der Waals surface area contributed by atoms with Gasteiger partial charge in [-0.3, -0.25) is 4.79 Å². The molecule has 0 radical (unpaired) electrons. The van der Waals surface area contributed by atoms with E-state index < -0.39 is 0 Å². The number of aromatic nitrogens is 2. The second-order valence-electron chi connectivity index (χ2n) is 7.44. The van der Waals surface area contributed by atoms with Gasteiger partial charge in [0.1, 0.15) is 11.6 Å². The maximum Gasteiger partial charge on any atom is 0.317 e. The SMILES string of the molecule is CNC(=O)N1CC(=O)N(C)c2ccc(Nc3nc(N4CCNCC4)ncc3Cl)cc2C1. The Labute approximate surface area is 185 Å². The topological polar surface area (TPSA) is 106 Å². The van der Waals surface area contributed by atoms with Gasteiger partial charge in [0, 0.05) is 51.6 Å². The highest BCUT2D eigenvalue weighted by Gasteiger charge is 2.26. The average Bonchev–Trinajstić information content (AvgIpc) is 2.91. The van der Waals surface area contributed by atoms with Crippen LogP contribution in [0.1, 0.15) is 5.56 Å². The fourth-order valence-electron chi connectivity index (χ4n) is 3.68. The highest BCUT2D eigenvalue weighted by Crippen LogP contribution is 2.31. The first kappa shape index (κ1) is 21.1. The molecular weight excluding hydrogens is 420 g/mol. The molecule has 1 fully saturated rings. The minimum absolute atomic E-state index is 0.0133. The molecule has 0 bridgehead atoms. The van der Waals surface area contributed by atoms with Gasteiger partial charge < -0.3 is 30.7 Å². The Morgan fingerprint density at radius 1 is 1.23 bits per heavy atom. The van der Waals surface area contributed by atoms with Gasteiger partial charge in [-0.2, -0.15) is 4.98 Å². The van der Waals surface area contributed by atoms with E-state index in [0.717, 1.165) is 43.1 Å². The first-order valence-corrected chi connectivity index (χ1v) is 10.5. The van der Waals surface area contributed by atoms with Crippen molar-refractivity contribution >= 4 is 46.7 Å². The Balaban J connectivity index is 1.61. The van der Waals surface area contributed by atoms with Crippen molar-refractivity contribution in [2.24, 2.45) is 0 Å². The lowest BCUT2D eigenvalue weighted by Gasteiger charge is -2.27. The lowest BCUT2D eigenvalue weighted by atomic mass is 10.1. The molecule has 2 aliphatic rings. The minimum atomic E-state index is -0.299. The average molecular weight is 445 g/mol. The first-order chi connectivity index (χ1) is 15.0. The third-order valence-electron chi connectivity index (χ3n) is 5.40. The Hall–Kier alpha value is -3.11. The van der Waals surface area contributed by atoms with E-state index in [-0.39, 0.29) is 18.5 Å². The summed E-state index contributed by atoms with van der Waals surface area (Å²) in [5.41, 5.74) is 2.36. The zero-order valence-electron chi connectivity index (χ0n) is 17.5. The van der Waals surface area contributed by atoms with Crippen LogP contribution < -0.4 is 25.8 Å². The molecule has 0 saturated carbocycles. The number of hydrogen-bond acceptors (Lipinski definition) is 7. The fraction of sp³-hybridized carbons (Fsp3) is 0.400. The predicted molar refractivity (Wildman–Crippen MR) is 120 cm³/mol. The molecule has 10 nitrogen and oxygen atoms in total. The van der Waals surface area contributed by atoms with Crippen LogP contribution >= 0.6 is 11.6 Å². The van der Waals surface area contributed by atoms with E-state index in [0.29, 0.717) is 23.3 Å². The molecule has 1 aromatic heterocycles. The molecule has 2 aliphatic heterocycles. The van der Waals surface area contributed by atoms with Crippen molar-refractivity contribution in [3.05, 3.63) is 35.0 Å². The molecule has 2 aromatic rings. The number of hydrogen-bond donors (Lipinski definition) is 3. The van der Waals surface area contributed by atoms with Crippen molar-refractivity contribution in [1.82, 2.24) is 25.5 Å². The second kappa shape index (κ2) is 8.94. The van der Waals surface area contributed by atoms with Gasteiger partial charge in [0.25, 0.3) is 0 Å². The van der Waals surface area contributed by atoms with E-state index in [1.54, 1.807) is 25.2 Å². The Morgan fingerprint density at radius 3 is 2.74 bits per heavy atom. The summed E-state index contributed by atoms with van der Waals surface area (Å²) >= 11 is 6.35. The van der Waals surface area contributed by atoms with Crippen molar-refractivity contribution in [1.29, 1.82) is 0 Å². The predicted octanol–water partition coefficient (Wildman–Crippen LogP) is 1.40. The molecule has 3 heterocycles. The van der Waals surface area contributed by atoms with Crippen molar-refractivity contribution in [2.45, 2.75) is 6.54 Å². The molecule has 3 N–H and O–H groups in total. The van der Waals surface area contributed by atoms with Crippen molar-refractivity contribution < 1.29 is 9.59 Å². The van der Waals surface area contributed by atoms with Crippen molar-refractivity contribution in [3.8, 4) is 0 Å². The van der Waals surface area contributed by atoms with Gasteiger partial charge in [-0.25, -0.2) is 9.78 Å². The molecule has 31 heavy (non-hydrogen) atoms. The van der Waals surface area contributed by atoms with E-state index >= 15 is 0 Å². The number of rotatable bonds is 3. The van der Waals surface area contributed by atoms with Crippen LogP contribution in [0.3, 0.4) is 0 Å². The lowest BCUT2D eigenvalue weighted by Crippen LogP contribution is -2.44. The third kappa shape index (κ3) is 4.49. The number of urea groups is 1. The number of benzene rings is 1. The number of likely N-dealkylation sites (N-methyl/N-ethyl adjacent to an activating group) is 1. The minimum Gasteiger partial charge on any atom is -0.341 e. The van der Waals surface area contributed by atoms with Crippen LogP contribution in [-0.4, -0.2) is 73.6 Å². The molecule has 0 aliphatic carbocycles. The van der Waals surface area contributed by atoms with Crippen LogP contribution in [0.15, 0.2) is 24.4 Å². The number of piperazine rings is 1. The van der Waals surface area contributed by atoms with Gasteiger partial charge in [-0.1, -0.05) is 11.6 Å². The number of anilines is 4. The third-order valence-corrected chi connectivity index (χ3v) is 5.67. The summed E-state index contributed by atoms with van der Waals surface area (Å²) in [5.74, 6) is 0.980. The Kier molecular flexibility index (Phi) is 6.10. The van der Waals surface area contributed by atoms with Crippen molar-refractivity contribution in [2.75, 3.05) is 61.9 Å². The largest absolute Gasteiger partial charge is 0.341 e. The van der Waals surface area contributed by atoms with Crippen molar-refractivity contribution in [3.63, 3.8) is 0 Å². The maximum absolute atomic E-state index is 12.5. The summed E-state index contributed by atoms with van der Waals surface area (Å²) in [5, 5.41) is 9.56. The number of fused-ring (bicyclic) bond motifs is 1. The molecule has 0 spiro atoms. The van der Waals surface area contributed by atoms with Gasteiger partial charge in [0.15, 0.2) is 5.82 Å². The zero-order chi connectivity index (χ0) is 22.0. The van der Waals surface area contributed by atoms with Crippen LogP contribution in [0.25, 0.3) is 0 Å². The quantitative estimate of drug-likeness (QED) is 0.657. The first-order valence-electron chi connectivity index (χ1n) is 10.1. The van der Waals surface area contributed by atoms with E-state index in [9.17, 15) is 9.59 Å². The molecular formula is C20H25ClN8O2. The van der Waals surface area contributed by atoms with E-state index in [2.05, 4.69) is 30.8 Å². The number of amides is 3. The summed E-state index contributed by atoms with van der Waals surface area (Å²) in [6, 6.07) is 5.33. The number of carbonyl (C=O) groups excluding carboxylic acids is 2. The van der Waals surface area contributed by atoms with Gasteiger partial charge in [-0.15, -0.1) is 0 Å². The van der Waals surface area contributed by atoms with Crippen LogP contribution in [0.4, 0.5) is 27.9 Å². The lowest BCUT2D eigenvalue weighted by molar-refractivity contribution is -0.118. The molecule has 0 unspecified atom stereocenters.